The molecule has 0 atom stereocenters. The number of methoxy groups -OCH3 is 3. The van der Waals surface area contributed by atoms with Crippen molar-refractivity contribution in [1.29, 1.82) is 0 Å². The van der Waals surface area contributed by atoms with E-state index in [-0.39, 0.29) is 24.1 Å². The van der Waals surface area contributed by atoms with Gasteiger partial charge in [-0.05, 0) is 30.3 Å². The van der Waals surface area contributed by atoms with Gasteiger partial charge in [0.1, 0.15) is 34.2 Å². The molecule has 2 aliphatic heterocycles. The van der Waals surface area contributed by atoms with E-state index in [1.165, 1.54) is 13.2 Å². The van der Waals surface area contributed by atoms with Crippen LogP contribution < -0.4 is 24.3 Å². The summed E-state index contributed by atoms with van der Waals surface area (Å²) in [6, 6.07) is 11.9. The van der Waals surface area contributed by atoms with Gasteiger partial charge in [-0.2, -0.15) is 0 Å². The fourth-order valence-corrected chi connectivity index (χ4v) is 4.67. The van der Waals surface area contributed by atoms with Gasteiger partial charge < -0.3 is 33.9 Å². The highest BCUT2D eigenvalue weighted by Gasteiger charge is 2.43. The van der Waals surface area contributed by atoms with E-state index < -0.39 is 11.7 Å². The van der Waals surface area contributed by atoms with Crippen molar-refractivity contribution in [1.82, 2.24) is 15.2 Å². The van der Waals surface area contributed by atoms with E-state index in [0.29, 0.717) is 60.0 Å². The number of hydrogen-bond donors (Lipinski definition) is 1. The Balaban J connectivity index is 1.30. The summed E-state index contributed by atoms with van der Waals surface area (Å²) >= 11 is 0. The number of carbonyl (C=O) groups is 3. The van der Waals surface area contributed by atoms with Gasteiger partial charge in [-0.15, -0.1) is 0 Å². The van der Waals surface area contributed by atoms with Gasteiger partial charge in [0.25, 0.3) is 11.8 Å². The number of likely N-dealkylation sites (tertiary alicyclic amines) is 1. The molecule has 0 aliphatic carbocycles. The molecular formula is C27H27N3O8. The first kappa shape index (κ1) is 25.1. The molecule has 1 fully saturated rings. The van der Waals surface area contributed by atoms with Crippen molar-refractivity contribution >= 4 is 28.7 Å². The van der Waals surface area contributed by atoms with Crippen molar-refractivity contribution < 1.29 is 38.1 Å². The number of carbonyl (C=O) groups excluding carboxylic acids is 3. The van der Waals surface area contributed by atoms with Crippen LogP contribution in [-0.2, 0) is 9.53 Å². The number of benzene rings is 2. The summed E-state index contributed by atoms with van der Waals surface area (Å²) in [7, 11) is 4.36. The first-order chi connectivity index (χ1) is 18.4. The van der Waals surface area contributed by atoms with E-state index in [1.807, 2.05) is 12.1 Å². The van der Waals surface area contributed by atoms with Gasteiger partial charge in [0.15, 0.2) is 12.3 Å². The highest BCUT2D eigenvalue weighted by atomic mass is 16.6. The van der Waals surface area contributed by atoms with Crippen LogP contribution >= 0.6 is 0 Å². The summed E-state index contributed by atoms with van der Waals surface area (Å²) in [6.45, 7) is 0.432. The average Bonchev–Trinajstić information content (AvgIpc) is 2.95. The number of para-hydroxylation sites is 1. The number of nitrogens with zero attached hydrogens (tertiary/aromatic N) is 2. The predicted octanol–water partition coefficient (Wildman–Crippen LogP) is 2.56. The molecule has 11 nitrogen and oxygen atoms in total. The van der Waals surface area contributed by atoms with Crippen molar-refractivity contribution in [3.05, 3.63) is 53.7 Å². The van der Waals surface area contributed by atoms with Gasteiger partial charge in [0.2, 0.25) is 0 Å². The lowest BCUT2D eigenvalue weighted by molar-refractivity contribution is -0.142. The van der Waals surface area contributed by atoms with E-state index in [0.717, 1.165) is 5.39 Å². The number of esters is 1. The minimum Gasteiger partial charge on any atom is -0.496 e. The molecule has 1 spiro atoms. The lowest BCUT2D eigenvalue weighted by atomic mass is 9.96. The maximum atomic E-state index is 13.4. The smallest absolute Gasteiger partial charge is 0.343 e. The molecule has 3 heterocycles. The molecule has 198 valence electrons. The third-order valence-electron chi connectivity index (χ3n) is 6.71. The average molecular weight is 522 g/mol. The highest BCUT2D eigenvalue weighted by Crippen LogP contribution is 2.36. The summed E-state index contributed by atoms with van der Waals surface area (Å²) in [6.07, 6.45) is 0.775. The molecule has 38 heavy (non-hydrogen) atoms. The van der Waals surface area contributed by atoms with Crippen LogP contribution in [0.3, 0.4) is 0 Å². The SMILES string of the molecule is COC(=O)COc1ccc2c(c1)C(=O)NC1(CCN(C(=O)c3cc(OC)c4cccc(OC)c4n3)CC1)O2. The molecule has 1 N–H and O–H groups in total. The predicted molar refractivity (Wildman–Crippen MR) is 135 cm³/mol. The van der Waals surface area contributed by atoms with Crippen LogP contribution in [0.25, 0.3) is 10.9 Å². The zero-order chi connectivity index (χ0) is 26.9. The van der Waals surface area contributed by atoms with Crippen LogP contribution in [-0.4, -0.2) is 74.4 Å². The molecule has 1 aromatic heterocycles. The molecule has 0 radical (unpaired) electrons. The maximum Gasteiger partial charge on any atom is 0.343 e. The van der Waals surface area contributed by atoms with Crippen LogP contribution in [0.4, 0.5) is 0 Å². The van der Waals surface area contributed by atoms with Crippen LogP contribution in [0, 0.1) is 0 Å². The molecular weight excluding hydrogens is 494 g/mol. The second-order valence-electron chi connectivity index (χ2n) is 8.93. The summed E-state index contributed by atoms with van der Waals surface area (Å²) < 4.78 is 27.1. The van der Waals surface area contributed by atoms with Crippen molar-refractivity contribution in [3.8, 4) is 23.0 Å². The number of piperidine rings is 1. The number of ether oxygens (including phenoxy) is 5. The Morgan fingerprint density at radius 1 is 1.05 bits per heavy atom. The Bertz CT molecular complexity index is 1410. The topological polar surface area (TPSA) is 126 Å². The van der Waals surface area contributed by atoms with E-state index >= 15 is 0 Å². The van der Waals surface area contributed by atoms with Crippen LogP contribution in [0.5, 0.6) is 23.0 Å². The fourth-order valence-electron chi connectivity index (χ4n) is 4.67. The Hall–Kier alpha value is -4.54. The lowest BCUT2D eigenvalue weighted by Gasteiger charge is -2.44. The first-order valence-electron chi connectivity index (χ1n) is 12.0. The number of nitrogens with one attached hydrogen (secondary N) is 1. The Morgan fingerprint density at radius 3 is 2.53 bits per heavy atom. The zero-order valence-electron chi connectivity index (χ0n) is 21.2. The molecule has 0 unspecified atom stereocenters. The van der Waals surface area contributed by atoms with Crippen molar-refractivity contribution in [2.24, 2.45) is 0 Å². The van der Waals surface area contributed by atoms with Crippen LogP contribution in [0.2, 0.25) is 0 Å². The monoisotopic (exact) mass is 521 g/mol. The summed E-state index contributed by atoms with van der Waals surface area (Å²) in [4.78, 5) is 43.9. The quantitative estimate of drug-likeness (QED) is 0.487. The lowest BCUT2D eigenvalue weighted by Crippen LogP contribution is -2.61. The number of aromatic nitrogens is 1. The van der Waals surface area contributed by atoms with Gasteiger partial charge in [0.05, 0.1) is 26.9 Å². The van der Waals surface area contributed by atoms with E-state index in [9.17, 15) is 14.4 Å². The third-order valence-corrected chi connectivity index (χ3v) is 6.71. The second kappa shape index (κ2) is 10.1. The molecule has 5 rings (SSSR count). The van der Waals surface area contributed by atoms with Gasteiger partial charge >= 0.3 is 5.97 Å². The fraction of sp³-hybridized carbons (Fsp3) is 0.333. The van der Waals surface area contributed by atoms with Gasteiger partial charge in [-0.25, -0.2) is 9.78 Å². The molecule has 0 saturated carbocycles. The van der Waals surface area contributed by atoms with Crippen molar-refractivity contribution in [3.63, 3.8) is 0 Å². The largest absolute Gasteiger partial charge is 0.496 e. The van der Waals surface area contributed by atoms with Gasteiger partial charge in [0, 0.05) is 37.4 Å². The molecule has 0 bridgehead atoms. The van der Waals surface area contributed by atoms with Crippen molar-refractivity contribution in [2.75, 3.05) is 41.0 Å². The van der Waals surface area contributed by atoms with E-state index in [2.05, 4.69) is 15.0 Å². The van der Waals surface area contributed by atoms with Crippen LogP contribution in [0.15, 0.2) is 42.5 Å². The number of pyridine rings is 1. The summed E-state index contributed by atoms with van der Waals surface area (Å²) in [5.41, 5.74) is 0.152. The normalized spacial score (nSPS) is 15.8. The Labute approximate surface area is 218 Å². The van der Waals surface area contributed by atoms with Gasteiger partial charge in [-0.3, -0.25) is 9.59 Å². The summed E-state index contributed by atoms with van der Waals surface area (Å²) in [5.74, 6) is 0.735. The zero-order valence-corrected chi connectivity index (χ0v) is 21.2. The molecule has 2 aromatic carbocycles. The Kier molecular flexibility index (Phi) is 6.66. The number of fused-ring (bicyclic) bond motifs is 2. The number of rotatable bonds is 6. The highest BCUT2D eigenvalue weighted by molar-refractivity contribution is 6.00. The molecule has 1 saturated heterocycles. The van der Waals surface area contributed by atoms with E-state index in [1.54, 1.807) is 43.4 Å². The second-order valence-corrected chi connectivity index (χ2v) is 8.93. The third kappa shape index (κ3) is 4.62. The molecule has 11 heteroatoms. The first-order valence-corrected chi connectivity index (χ1v) is 12.0. The van der Waals surface area contributed by atoms with Crippen molar-refractivity contribution in [2.45, 2.75) is 18.6 Å². The van der Waals surface area contributed by atoms with Gasteiger partial charge in [-0.1, -0.05) is 6.07 Å². The molecule has 2 amide bonds. The molecule has 3 aromatic rings. The maximum absolute atomic E-state index is 13.4. The standard InChI is InChI=1S/C27H27N3O8/c1-34-21-6-4-5-17-22(35-2)14-19(28-24(17)21)26(33)30-11-9-27(10-12-30)29-25(32)18-13-16(7-8-20(18)38-27)37-15-23(31)36-3/h4-8,13-14H,9-12,15H2,1-3H3,(H,29,32). The minimum atomic E-state index is -0.938. The van der Waals surface area contributed by atoms with E-state index in [4.69, 9.17) is 18.9 Å². The number of hydrogen-bond acceptors (Lipinski definition) is 9. The molecule has 2 aliphatic rings. The van der Waals surface area contributed by atoms with Crippen LogP contribution in [0.1, 0.15) is 33.7 Å². The minimum absolute atomic E-state index is 0.244. The number of amides is 2. The Morgan fingerprint density at radius 2 is 1.82 bits per heavy atom. The summed E-state index contributed by atoms with van der Waals surface area (Å²) in [5, 5.41) is 3.70.